The van der Waals surface area contributed by atoms with Crippen molar-refractivity contribution in [3.63, 3.8) is 0 Å². The maximum atomic E-state index is 11.0. The molecule has 6 nitrogen and oxygen atoms in total. The molecule has 2 N–H and O–H groups in total. The molecule has 166 valence electrons. The summed E-state index contributed by atoms with van der Waals surface area (Å²) in [6.45, 7) is 7.38. The summed E-state index contributed by atoms with van der Waals surface area (Å²) in [5, 5.41) is 12.5. The lowest BCUT2D eigenvalue weighted by Gasteiger charge is -2.38. The van der Waals surface area contributed by atoms with E-state index in [-0.39, 0.29) is 0 Å². The smallest absolute Gasteiger partial charge is 0.328 e. The Hall–Kier alpha value is -3.80. The number of anilines is 1. The highest BCUT2D eigenvalue weighted by Gasteiger charge is 2.21. The number of piperazine rings is 1. The second kappa shape index (κ2) is 11.6. The summed E-state index contributed by atoms with van der Waals surface area (Å²) in [7, 11) is 0. The molecule has 1 saturated heterocycles. The predicted molar refractivity (Wildman–Crippen MR) is 132 cm³/mol. The van der Waals surface area contributed by atoms with E-state index in [4.69, 9.17) is 10.1 Å². The zero-order valence-corrected chi connectivity index (χ0v) is 18.6. The van der Waals surface area contributed by atoms with E-state index in [0.29, 0.717) is 5.69 Å². The van der Waals surface area contributed by atoms with E-state index in [1.165, 1.54) is 5.69 Å². The topological polar surface area (TPSA) is 68.2 Å². The number of nitrogens with one attached hydrogen (secondary N) is 1. The Morgan fingerprint density at radius 1 is 0.969 bits per heavy atom. The number of carboxylic acid groups (broad SMARTS) is 1. The van der Waals surface area contributed by atoms with Gasteiger partial charge in [0.15, 0.2) is 0 Å². The molecule has 32 heavy (non-hydrogen) atoms. The van der Waals surface area contributed by atoms with Crippen LogP contribution in [0.3, 0.4) is 0 Å². The molecule has 0 atom stereocenters. The van der Waals surface area contributed by atoms with Crippen LogP contribution in [0.2, 0.25) is 0 Å². The van der Waals surface area contributed by atoms with Gasteiger partial charge in [-0.3, -0.25) is 0 Å². The molecule has 0 unspecified atom stereocenters. The Bertz CT molecular complexity index is 1020. The van der Waals surface area contributed by atoms with Crippen LogP contribution in [-0.2, 0) is 4.79 Å². The molecule has 1 aliphatic heterocycles. The number of allylic oxidation sites excluding steroid dienone is 3. The lowest BCUT2D eigenvalue weighted by molar-refractivity contribution is -0.131. The van der Waals surface area contributed by atoms with Crippen molar-refractivity contribution < 1.29 is 9.90 Å². The minimum absolute atomic E-state index is 0.717. The molecule has 1 fully saturated rings. The Kier molecular flexibility index (Phi) is 8.26. The fourth-order valence-electron chi connectivity index (χ4n) is 3.52. The second-order valence-corrected chi connectivity index (χ2v) is 7.34. The first-order chi connectivity index (χ1) is 15.6. The van der Waals surface area contributed by atoms with Gasteiger partial charge in [-0.1, -0.05) is 48.6 Å². The summed E-state index contributed by atoms with van der Waals surface area (Å²) in [6.07, 6.45) is 8.71. The van der Waals surface area contributed by atoms with Gasteiger partial charge in [0.1, 0.15) is 0 Å². The van der Waals surface area contributed by atoms with Gasteiger partial charge in [0.25, 0.3) is 0 Å². The van der Waals surface area contributed by atoms with Gasteiger partial charge in [0.2, 0.25) is 5.96 Å². The number of para-hydroxylation sites is 2. The second-order valence-electron chi connectivity index (χ2n) is 7.34. The van der Waals surface area contributed by atoms with Crippen LogP contribution in [0.25, 0.3) is 6.08 Å². The van der Waals surface area contributed by atoms with Crippen molar-refractivity contribution in [3.05, 3.63) is 90.2 Å². The number of rotatable bonds is 6. The average molecular weight is 431 g/mol. The number of carbonyl (C=O) groups is 1. The minimum Gasteiger partial charge on any atom is -0.478 e. The van der Waals surface area contributed by atoms with Crippen molar-refractivity contribution in [1.29, 1.82) is 0 Å². The van der Waals surface area contributed by atoms with Crippen molar-refractivity contribution in [2.75, 3.05) is 31.1 Å². The monoisotopic (exact) mass is 430 g/mol. The predicted octanol–water partition coefficient (Wildman–Crippen LogP) is 4.66. The highest BCUT2D eigenvalue weighted by Crippen LogP contribution is 2.22. The van der Waals surface area contributed by atoms with Crippen molar-refractivity contribution in [2.24, 2.45) is 4.99 Å². The average Bonchev–Trinajstić information content (AvgIpc) is 2.83. The van der Waals surface area contributed by atoms with Crippen molar-refractivity contribution in [3.8, 4) is 0 Å². The van der Waals surface area contributed by atoms with Crippen LogP contribution in [0.4, 0.5) is 11.4 Å². The van der Waals surface area contributed by atoms with E-state index in [0.717, 1.165) is 49.5 Å². The van der Waals surface area contributed by atoms with Gasteiger partial charge < -0.3 is 20.2 Å². The van der Waals surface area contributed by atoms with Gasteiger partial charge in [0.05, 0.1) is 5.69 Å². The molecule has 0 saturated carbocycles. The lowest BCUT2D eigenvalue weighted by Crippen LogP contribution is -2.52. The minimum atomic E-state index is -0.983. The summed E-state index contributed by atoms with van der Waals surface area (Å²) in [6, 6.07) is 18.0. The lowest BCUT2D eigenvalue weighted by atomic mass is 10.1. The molecule has 0 radical (unpaired) electrons. The maximum Gasteiger partial charge on any atom is 0.328 e. The van der Waals surface area contributed by atoms with E-state index in [2.05, 4.69) is 39.4 Å². The van der Waals surface area contributed by atoms with Gasteiger partial charge in [-0.05, 0) is 44.2 Å². The maximum absolute atomic E-state index is 11.0. The van der Waals surface area contributed by atoms with Crippen LogP contribution in [0.15, 0.2) is 89.6 Å². The molecule has 1 aliphatic rings. The van der Waals surface area contributed by atoms with Gasteiger partial charge in [-0.15, -0.1) is 0 Å². The zero-order chi connectivity index (χ0) is 22.8. The fraction of sp³-hybridized carbons (Fsp3) is 0.231. The van der Waals surface area contributed by atoms with Crippen molar-refractivity contribution >= 4 is 29.4 Å². The number of aliphatic imine (C=N–C) groups is 1. The third-order valence-electron chi connectivity index (χ3n) is 5.18. The summed E-state index contributed by atoms with van der Waals surface area (Å²) in [5.74, 6) is -0.233. The molecule has 2 aromatic rings. The normalized spacial score (nSPS) is 15.6. The van der Waals surface area contributed by atoms with Gasteiger partial charge in [0, 0.05) is 49.2 Å². The largest absolute Gasteiger partial charge is 0.478 e. The highest BCUT2D eigenvalue weighted by molar-refractivity contribution is 5.89. The van der Waals surface area contributed by atoms with Crippen LogP contribution < -0.4 is 10.2 Å². The van der Waals surface area contributed by atoms with Crippen molar-refractivity contribution in [2.45, 2.75) is 13.8 Å². The van der Waals surface area contributed by atoms with Crippen LogP contribution in [-0.4, -0.2) is 48.1 Å². The summed E-state index contributed by atoms with van der Waals surface area (Å²) >= 11 is 0. The van der Waals surface area contributed by atoms with Crippen molar-refractivity contribution in [1.82, 2.24) is 10.2 Å². The number of benzene rings is 2. The quantitative estimate of drug-likeness (QED) is 0.302. The third kappa shape index (κ3) is 6.35. The molecule has 1 heterocycles. The first kappa shape index (κ1) is 22.9. The molecule has 3 rings (SSSR count). The number of carboxylic acids is 1. The van der Waals surface area contributed by atoms with Gasteiger partial charge in [-0.25, -0.2) is 9.79 Å². The number of aliphatic carboxylic acids is 1. The summed E-state index contributed by atoms with van der Waals surface area (Å²) in [5.41, 5.74) is 3.65. The summed E-state index contributed by atoms with van der Waals surface area (Å²) < 4.78 is 0. The molecule has 0 amide bonds. The number of hydrogen-bond donors (Lipinski definition) is 2. The SMILES string of the molecule is C/C=C\C(=C/C)NC(=Nc1ccccc1/C=C/C(=O)O)N1CCN(c2ccccc2)CC1. The molecule has 0 bridgehead atoms. The van der Waals surface area contributed by atoms with Crippen LogP contribution in [0.5, 0.6) is 0 Å². The first-order valence-corrected chi connectivity index (χ1v) is 10.8. The Labute approximate surface area is 189 Å². The number of hydrogen-bond acceptors (Lipinski definition) is 3. The molecule has 0 aliphatic carbocycles. The van der Waals surface area contributed by atoms with Crippen LogP contribution in [0, 0.1) is 0 Å². The van der Waals surface area contributed by atoms with Crippen LogP contribution >= 0.6 is 0 Å². The Balaban J connectivity index is 1.88. The number of guanidine groups is 1. The van der Waals surface area contributed by atoms with Gasteiger partial charge in [-0.2, -0.15) is 0 Å². The third-order valence-corrected chi connectivity index (χ3v) is 5.18. The molecule has 6 heteroatoms. The van der Waals surface area contributed by atoms with E-state index in [9.17, 15) is 4.79 Å². The Morgan fingerprint density at radius 2 is 1.66 bits per heavy atom. The zero-order valence-electron chi connectivity index (χ0n) is 18.6. The van der Waals surface area contributed by atoms with Gasteiger partial charge >= 0.3 is 5.97 Å². The molecular formula is C26H30N4O2. The standard InChI is InChI=1S/C26H30N4O2/c1-3-10-22(4-2)27-26(28-24-14-9-8-11-21(24)15-16-25(31)32)30-19-17-29(18-20-30)23-12-6-5-7-13-23/h3-16H,17-20H2,1-2H3,(H,27,28)(H,31,32)/b10-3-,16-15+,22-4+. The Morgan fingerprint density at radius 3 is 2.31 bits per heavy atom. The summed E-state index contributed by atoms with van der Waals surface area (Å²) in [4.78, 5) is 20.5. The fourth-order valence-corrected chi connectivity index (χ4v) is 3.52. The first-order valence-electron chi connectivity index (χ1n) is 10.8. The molecule has 0 aromatic heterocycles. The number of nitrogens with zero attached hydrogens (tertiary/aromatic N) is 3. The van der Waals surface area contributed by atoms with E-state index in [1.54, 1.807) is 6.08 Å². The van der Waals surface area contributed by atoms with E-state index in [1.807, 2.05) is 62.4 Å². The molecule has 2 aromatic carbocycles. The molecule has 0 spiro atoms. The highest BCUT2D eigenvalue weighted by atomic mass is 16.4. The van der Waals surface area contributed by atoms with E-state index >= 15 is 0 Å². The van der Waals surface area contributed by atoms with E-state index < -0.39 is 5.97 Å². The molecular weight excluding hydrogens is 400 g/mol. The van der Waals surface area contributed by atoms with Crippen LogP contribution in [0.1, 0.15) is 19.4 Å².